The van der Waals surface area contributed by atoms with Crippen molar-refractivity contribution >= 4 is 81.1 Å². The molecule has 0 aromatic rings. The van der Waals surface area contributed by atoms with Gasteiger partial charge in [-0.15, -0.1) is 0 Å². The molecule has 0 aromatic carbocycles. The standard InChI is InChI=1S/C22H41NO6S.2Na.2H/c1-2-3-4-5-6-7-8-9-10-11-12-13-14-15-16-17-18-29-22(25)20(19-21(23)24)30(26,27)28;;;;/h9-10,20H,2-8,11-19H2,1H3,(H2,23,24)(H,26,27,28);;;;/b10-9-;;;;. The molecule has 180 valence electrons. The van der Waals surface area contributed by atoms with E-state index in [-0.39, 0.29) is 65.7 Å². The van der Waals surface area contributed by atoms with Gasteiger partial charge in [-0.05, 0) is 32.1 Å². The Kier molecular flexibility index (Phi) is 28.7. The predicted octanol–water partition coefficient (Wildman–Crippen LogP) is 3.40. The third-order valence-electron chi connectivity index (χ3n) is 4.91. The molecule has 0 bridgehead atoms. The number of nitrogens with two attached hydrogens (primary N) is 1. The summed E-state index contributed by atoms with van der Waals surface area (Å²) < 4.78 is 36.1. The maximum absolute atomic E-state index is 11.7. The van der Waals surface area contributed by atoms with Crippen molar-refractivity contribution in [3.8, 4) is 0 Å². The van der Waals surface area contributed by atoms with Crippen LogP contribution in [0, 0.1) is 0 Å². The first-order chi connectivity index (χ1) is 14.3. The number of allylic oxidation sites excluding steroid dienone is 2. The molecule has 0 heterocycles. The van der Waals surface area contributed by atoms with Crippen molar-refractivity contribution in [1.82, 2.24) is 0 Å². The van der Waals surface area contributed by atoms with Gasteiger partial charge in [0.1, 0.15) is 0 Å². The summed E-state index contributed by atoms with van der Waals surface area (Å²) in [6, 6.07) is 0. The Morgan fingerprint density at radius 2 is 1.28 bits per heavy atom. The zero-order valence-corrected chi connectivity index (χ0v) is 19.3. The first kappa shape index (κ1) is 37.1. The van der Waals surface area contributed by atoms with Crippen LogP contribution in [0.5, 0.6) is 0 Å². The van der Waals surface area contributed by atoms with Gasteiger partial charge in [0.2, 0.25) is 5.91 Å². The van der Waals surface area contributed by atoms with Crippen molar-refractivity contribution in [3.05, 3.63) is 12.2 Å². The van der Waals surface area contributed by atoms with Gasteiger partial charge in [-0.2, -0.15) is 8.42 Å². The number of unbranched alkanes of at least 4 members (excludes halogenated alkanes) is 12. The molecule has 10 heteroatoms. The van der Waals surface area contributed by atoms with E-state index >= 15 is 0 Å². The topological polar surface area (TPSA) is 124 Å². The van der Waals surface area contributed by atoms with Crippen molar-refractivity contribution in [2.75, 3.05) is 6.61 Å². The van der Waals surface area contributed by atoms with Gasteiger partial charge >= 0.3 is 65.1 Å². The number of hydrogen-bond acceptors (Lipinski definition) is 5. The van der Waals surface area contributed by atoms with Crippen LogP contribution in [-0.2, 0) is 24.4 Å². The summed E-state index contributed by atoms with van der Waals surface area (Å²) in [5, 5.41) is -1.94. The van der Waals surface area contributed by atoms with Gasteiger partial charge < -0.3 is 10.5 Å². The van der Waals surface area contributed by atoms with E-state index in [1.54, 1.807) is 0 Å². The average molecular weight is 496 g/mol. The quantitative estimate of drug-likeness (QED) is 0.0877. The average Bonchev–Trinajstić information content (AvgIpc) is 2.67. The fraction of sp³-hybridized carbons (Fsp3) is 0.818. The number of primary amides is 1. The molecule has 1 atom stereocenters. The van der Waals surface area contributed by atoms with Gasteiger partial charge in [0, 0.05) is 0 Å². The first-order valence-electron chi connectivity index (χ1n) is 11.3. The van der Waals surface area contributed by atoms with Crippen LogP contribution in [0.15, 0.2) is 12.2 Å². The van der Waals surface area contributed by atoms with Crippen LogP contribution in [0.3, 0.4) is 0 Å². The third kappa shape index (κ3) is 23.7. The van der Waals surface area contributed by atoms with Crippen LogP contribution >= 0.6 is 0 Å². The van der Waals surface area contributed by atoms with E-state index in [4.69, 9.17) is 15.0 Å². The molecule has 0 aromatic heterocycles. The molecule has 0 aliphatic heterocycles. The molecular weight excluding hydrogens is 452 g/mol. The summed E-state index contributed by atoms with van der Waals surface area (Å²) in [6.07, 6.45) is 20.0. The number of esters is 1. The number of ether oxygens (including phenoxy) is 1. The van der Waals surface area contributed by atoms with Crippen molar-refractivity contribution < 1.29 is 27.3 Å². The summed E-state index contributed by atoms with van der Waals surface area (Å²) in [5.74, 6) is -2.13. The molecule has 0 saturated carbocycles. The summed E-state index contributed by atoms with van der Waals surface area (Å²) in [4.78, 5) is 22.5. The number of carbonyl (C=O) groups excluding carboxylic acids is 2. The zero-order chi connectivity index (χ0) is 22.7. The second-order valence-corrected chi connectivity index (χ2v) is 9.38. The van der Waals surface area contributed by atoms with E-state index in [9.17, 15) is 18.0 Å². The zero-order valence-electron chi connectivity index (χ0n) is 18.5. The Morgan fingerprint density at radius 1 is 0.844 bits per heavy atom. The molecule has 0 radical (unpaired) electrons. The van der Waals surface area contributed by atoms with E-state index in [1.165, 1.54) is 51.4 Å². The summed E-state index contributed by atoms with van der Waals surface area (Å²) in [6.45, 7) is 2.30. The fourth-order valence-corrected chi connectivity index (χ4v) is 3.79. The monoisotopic (exact) mass is 495 g/mol. The van der Waals surface area contributed by atoms with E-state index in [0.29, 0.717) is 6.42 Å². The fourth-order valence-electron chi connectivity index (χ4n) is 3.11. The van der Waals surface area contributed by atoms with Crippen LogP contribution in [0.2, 0.25) is 0 Å². The summed E-state index contributed by atoms with van der Waals surface area (Å²) in [7, 11) is -4.71. The third-order valence-corrected chi connectivity index (χ3v) is 5.99. The molecule has 32 heavy (non-hydrogen) atoms. The van der Waals surface area contributed by atoms with Crippen LogP contribution in [0.4, 0.5) is 0 Å². The van der Waals surface area contributed by atoms with Crippen molar-refractivity contribution in [1.29, 1.82) is 0 Å². The van der Waals surface area contributed by atoms with Crippen molar-refractivity contribution in [3.63, 3.8) is 0 Å². The van der Waals surface area contributed by atoms with Crippen LogP contribution in [0.1, 0.15) is 103 Å². The van der Waals surface area contributed by atoms with E-state index < -0.39 is 33.7 Å². The molecule has 3 N–H and O–H groups in total. The Bertz CT molecular complexity index is 599. The SMILES string of the molecule is CCCCCCCC/C=C\CCCCCCCCOC(=O)C(CC(N)=O)S(=O)(=O)O.[NaH].[NaH]. The Hall–Kier alpha value is 0.590. The van der Waals surface area contributed by atoms with E-state index in [1.807, 2.05) is 0 Å². The Labute approximate surface area is 239 Å². The van der Waals surface area contributed by atoms with E-state index in [2.05, 4.69) is 19.1 Å². The molecule has 1 unspecified atom stereocenters. The molecule has 0 rings (SSSR count). The van der Waals surface area contributed by atoms with Gasteiger partial charge in [0.25, 0.3) is 10.1 Å². The first-order valence-corrected chi connectivity index (χ1v) is 12.9. The van der Waals surface area contributed by atoms with Gasteiger partial charge in [0.05, 0.1) is 13.0 Å². The molecule has 0 saturated heterocycles. The summed E-state index contributed by atoms with van der Waals surface area (Å²) in [5.41, 5.74) is 4.90. The molecule has 0 fully saturated rings. The maximum atomic E-state index is 11.7. The second kappa shape index (κ2) is 24.7. The Morgan fingerprint density at radius 3 is 1.72 bits per heavy atom. The second-order valence-electron chi connectivity index (χ2n) is 7.78. The number of hydrogen-bond donors (Lipinski definition) is 2. The number of amides is 1. The number of rotatable bonds is 20. The molecular formula is C22H43NNa2O6S. The van der Waals surface area contributed by atoms with Crippen LogP contribution < -0.4 is 5.73 Å². The van der Waals surface area contributed by atoms with Gasteiger partial charge in [-0.25, -0.2) is 0 Å². The molecule has 0 spiro atoms. The Balaban J connectivity index is -0.00000420. The van der Waals surface area contributed by atoms with Gasteiger partial charge in [-0.3, -0.25) is 14.1 Å². The minimum atomic E-state index is -4.71. The summed E-state index contributed by atoms with van der Waals surface area (Å²) >= 11 is 0. The normalized spacial score (nSPS) is 12.1. The van der Waals surface area contributed by atoms with Crippen LogP contribution in [-0.4, -0.2) is 95.8 Å². The molecule has 1 amide bonds. The van der Waals surface area contributed by atoms with Crippen LogP contribution in [0.25, 0.3) is 0 Å². The van der Waals surface area contributed by atoms with E-state index in [0.717, 1.165) is 32.1 Å². The van der Waals surface area contributed by atoms with Crippen molar-refractivity contribution in [2.45, 2.75) is 108 Å². The molecule has 7 nitrogen and oxygen atoms in total. The predicted molar refractivity (Wildman–Crippen MR) is 134 cm³/mol. The molecule has 0 aliphatic carbocycles. The van der Waals surface area contributed by atoms with Crippen molar-refractivity contribution in [2.24, 2.45) is 5.73 Å². The van der Waals surface area contributed by atoms with Gasteiger partial charge in [0.15, 0.2) is 5.25 Å². The minimum absolute atomic E-state index is 0. The van der Waals surface area contributed by atoms with Gasteiger partial charge in [-0.1, -0.05) is 76.9 Å². The number of carbonyl (C=O) groups is 2. The molecule has 0 aliphatic rings.